The van der Waals surface area contributed by atoms with E-state index in [2.05, 4.69) is 15.4 Å². The molecule has 0 aliphatic carbocycles. The Bertz CT molecular complexity index is 1000. The molecule has 8 nitrogen and oxygen atoms in total. The number of hydrogen-bond donors (Lipinski definition) is 1. The first-order valence-electron chi connectivity index (χ1n) is 9.31. The lowest BCUT2D eigenvalue weighted by atomic mass is 10.1. The predicted molar refractivity (Wildman–Crippen MR) is 107 cm³/mol. The standard InChI is InChI=1S/C21H21N5O3/c1-29-18-5-2-4-17(11-18)25-14-16(10-20(25)27)21(28)23-13-15-6-7-19(22-12-15)26-9-3-8-24-26/h2-9,11-12,16H,10,13-14H2,1H3,(H,23,28)/t16-/m0/s1. The van der Waals surface area contributed by atoms with E-state index in [-0.39, 0.29) is 24.2 Å². The molecule has 148 valence electrons. The number of methoxy groups -OCH3 is 1. The smallest absolute Gasteiger partial charge is 0.227 e. The fourth-order valence-corrected chi connectivity index (χ4v) is 3.31. The van der Waals surface area contributed by atoms with Gasteiger partial charge in [0, 0.05) is 49.9 Å². The summed E-state index contributed by atoms with van der Waals surface area (Å²) in [5.74, 6) is 0.795. The summed E-state index contributed by atoms with van der Waals surface area (Å²) in [7, 11) is 1.58. The third-order valence-electron chi connectivity index (χ3n) is 4.88. The highest BCUT2D eigenvalue weighted by molar-refractivity contribution is 6.00. The molecular weight excluding hydrogens is 370 g/mol. The van der Waals surface area contributed by atoms with Gasteiger partial charge < -0.3 is 15.0 Å². The van der Waals surface area contributed by atoms with Gasteiger partial charge in [0.25, 0.3) is 0 Å². The van der Waals surface area contributed by atoms with E-state index in [9.17, 15) is 9.59 Å². The van der Waals surface area contributed by atoms with E-state index >= 15 is 0 Å². The van der Waals surface area contributed by atoms with Crippen LogP contribution in [0.3, 0.4) is 0 Å². The number of carbonyl (C=O) groups excluding carboxylic acids is 2. The van der Waals surface area contributed by atoms with Gasteiger partial charge in [0.1, 0.15) is 5.75 Å². The summed E-state index contributed by atoms with van der Waals surface area (Å²) in [4.78, 5) is 31.0. The molecule has 1 N–H and O–H groups in total. The van der Waals surface area contributed by atoms with Crippen molar-refractivity contribution in [2.45, 2.75) is 13.0 Å². The Labute approximate surface area is 168 Å². The largest absolute Gasteiger partial charge is 0.497 e. The fourth-order valence-electron chi connectivity index (χ4n) is 3.31. The number of amides is 2. The first-order valence-corrected chi connectivity index (χ1v) is 9.31. The lowest BCUT2D eigenvalue weighted by Gasteiger charge is -2.17. The first kappa shape index (κ1) is 18.7. The van der Waals surface area contributed by atoms with Crippen LogP contribution in [-0.4, -0.2) is 40.2 Å². The van der Waals surface area contributed by atoms with Crippen molar-refractivity contribution in [3.8, 4) is 11.6 Å². The maximum atomic E-state index is 12.6. The van der Waals surface area contributed by atoms with Gasteiger partial charge in [-0.25, -0.2) is 9.67 Å². The van der Waals surface area contributed by atoms with E-state index in [1.807, 2.05) is 42.6 Å². The highest BCUT2D eigenvalue weighted by Crippen LogP contribution is 2.28. The zero-order valence-corrected chi connectivity index (χ0v) is 16.0. The molecule has 0 unspecified atom stereocenters. The minimum atomic E-state index is -0.384. The number of nitrogens with zero attached hydrogens (tertiary/aromatic N) is 4. The van der Waals surface area contributed by atoms with Crippen molar-refractivity contribution >= 4 is 17.5 Å². The van der Waals surface area contributed by atoms with E-state index in [0.29, 0.717) is 24.7 Å². The molecule has 0 bridgehead atoms. The predicted octanol–water partition coefficient (Wildman–Crippen LogP) is 1.95. The van der Waals surface area contributed by atoms with Crippen molar-refractivity contribution in [1.82, 2.24) is 20.1 Å². The third-order valence-corrected chi connectivity index (χ3v) is 4.88. The van der Waals surface area contributed by atoms with E-state index in [1.54, 1.807) is 35.2 Å². The molecule has 1 aliphatic rings. The summed E-state index contributed by atoms with van der Waals surface area (Å²) in [5.41, 5.74) is 1.62. The number of benzene rings is 1. The lowest BCUT2D eigenvalue weighted by Crippen LogP contribution is -2.32. The SMILES string of the molecule is COc1cccc(N2C[C@@H](C(=O)NCc3ccc(-n4cccn4)nc3)CC2=O)c1. The fraction of sp³-hybridized carbons (Fsp3) is 0.238. The van der Waals surface area contributed by atoms with Crippen molar-refractivity contribution < 1.29 is 14.3 Å². The number of aromatic nitrogens is 3. The maximum absolute atomic E-state index is 12.6. The second-order valence-corrected chi connectivity index (χ2v) is 6.80. The number of carbonyl (C=O) groups is 2. The lowest BCUT2D eigenvalue weighted by molar-refractivity contribution is -0.126. The number of ether oxygens (including phenoxy) is 1. The van der Waals surface area contributed by atoms with Gasteiger partial charge in [-0.05, 0) is 29.8 Å². The van der Waals surface area contributed by atoms with Crippen molar-refractivity contribution in [3.05, 3.63) is 66.6 Å². The molecule has 4 rings (SSSR count). The van der Waals surface area contributed by atoms with Crippen molar-refractivity contribution in [3.63, 3.8) is 0 Å². The van der Waals surface area contributed by atoms with Gasteiger partial charge >= 0.3 is 0 Å². The van der Waals surface area contributed by atoms with Crippen LogP contribution in [0, 0.1) is 5.92 Å². The average Bonchev–Trinajstić information content (AvgIpc) is 3.42. The number of rotatable bonds is 6. The Hall–Kier alpha value is -3.68. The highest BCUT2D eigenvalue weighted by Gasteiger charge is 2.35. The van der Waals surface area contributed by atoms with E-state index in [1.165, 1.54) is 0 Å². The Morgan fingerprint density at radius 2 is 2.17 bits per heavy atom. The number of hydrogen-bond acceptors (Lipinski definition) is 5. The summed E-state index contributed by atoms with van der Waals surface area (Å²) in [5, 5.41) is 7.04. The van der Waals surface area contributed by atoms with E-state index in [4.69, 9.17) is 4.74 Å². The molecule has 1 atom stereocenters. The molecule has 0 radical (unpaired) electrons. The van der Waals surface area contributed by atoms with Crippen LogP contribution >= 0.6 is 0 Å². The molecule has 0 spiro atoms. The first-order chi connectivity index (χ1) is 14.1. The van der Waals surface area contributed by atoms with Gasteiger partial charge in [0.15, 0.2) is 5.82 Å². The summed E-state index contributed by atoms with van der Waals surface area (Å²) in [6.07, 6.45) is 5.40. The summed E-state index contributed by atoms with van der Waals surface area (Å²) in [6, 6.07) is 12.9. The van der Waals surface area contributed by atoms with Gasteiger partial charge in [-0.15, -0.1) is 0 Å². The van der Waals surface area contributed by atoms with Gasteiger partial charge in [-0.2, -0.15) is 5.10 Å². The molecule has 8 heteroatoms. The van der Waals surface area contributed by atoms with Crippen LogP contribution in [0.1, 0.15) is 12.0 Å². The second kappa shape index (κ2) is 8.14. The molecule has 1 aromatic carbocycles. The molecular formula is C21H21N5O3. The molecule has 0 saturated carbocycles. The van der Waals surface area contributed by atoms with Gasteiger partial charge in [-0.3, -0.25) is 9.59 Å². The Morgan fingerprint density at radius 3 is 2.90 bits per heavy atom. The van der Waals surface area contributed by atoms with Gasteiger partial charge in [-0.1, -0.05) is 12.1 Å². The van der Waals surface area contributed by atoms with E-state index < -0.39 is 0 Å². The minimum absolute atomic E-state index is 0.0661. The Balaban J connectivity index is 1.35. The second-order valence-electron chi connectivity index (χ2n) is 6.80. The van der Waals surface area contributed by atoms with Crippen molar-refractivity contribution in [2.75, 3.05) is 18.6 Å². The topological polar surface area (TPSA) is 89.3 Å². The number of pyridine rings is 1. The van der Waals surface area contributed by atoms with E-state index in [0.717, 1.165) is 11.3 Å². The van der Waals surface area contributed by atoms with Crippen LogP contribution in [0.15, 0.2) is 61.1 Å². The van der Waals surface area contributed by atoms with Crippen LogP contribution in [0.25, 0.3) is 5.82 Å². The molecule has 3 heterocycles. The quantitative estimate of drug-likeness (QED) is 0.694. The number of anilines is 1. The highest BCUT2D eigenvalue weighted by atomic mass is 16.5. The average molecular weight is 391 g/mol. The third kappa shape index (κ3) is 4.11. The normalized spacial score (nSPS) is 16.1. The Morgan fingerprint density at radius 1 is 1.28 bits per heavy atom. The van der Waals surface area contributed by atoms with Crippen LogP contribution < -0.4 is 15.0 Å². The molecule has 29 heavy (non-hydrogen) atoms. The van der Waals surface area contributed by atoms with Gasteiger partial charge in [0.05, 0.1) is 13.0 Å². The van der Waals surface area contributed by atoms with Crippen LogP contribution in [0.2, 0.25) is 0 Å². The molecule has 1 fully saturated rings. The zero-order valence-electron chi connectivity index (χ0n) is 16.0. The maximum Gasteiger partial charge on any atom is 0.227 e. The molecule has 2 amide bonds. The number of nitrogens with one attached hydrogen (secondary N) is 1. The van der Waals surface area contributed by atoms with Gasteiger partial charge in [0.2, 0.25) is 11.8 Å². The summed E-state index contributed by atoms with van der Waals surface area (Å²) >= 11 is 0. The van der Waals surface area contributed by atoms with Crippen LogP contribution in [0.5, 0.6) is 5.75 Å². The van der Waals surface area contributed by atoms with Crippen molar-refractivity contribution in [2.24, 2.45) is 5.92 Å². The monoisotopic (exact) mass is 391 g/mol. The molecule has 1 saturated heterocycles. The summed E-state index contributed by atoms with van der Waals surface area (Å²) in [6.45, 7) is 0.712. The zero-order chi connectivity index (χ0) is 20.2. The molecule has 1 aliphatic heterocycles. The summed E-state index contributed by atoms with van der Waals surface area (Å²) < 4.78 is 6.88. The van der Waals surface area contributed by atoms with Crippen LogP contribution in [-0.2, 0) is 16.1 Å². The minimum Gasteiger partial charge on any atom is -0.497 e. The van der Waals surface area contributed by atoms with Crippen molar-refractivity contribution in [1.29, 1.82) is 0 Å². The molecule has 2 aromatic heterocycles. The van der Waals surface area contributed by atoms with Crippen LogP contribution in [0.4, 0.5) is 5.69 Å². The molecule has 3 aromatic rings. The Kier molecular flexibility index (Phi) is 5.24.